The van der Waals surface area contributed by atoms with Crippen LogP contribution in [-0.2, 0) is 9.05 Å². The van der Waals surface area contributed by atoms with Gasteiger partial charge in [-0.15, -0.1) is 0 Å². The maximum atomic E-state index is 6.04. The van der Waals surface area contributed by atoms with Gasteiger partial charge in [0.25, 0.3) is 16.9 Å². The molecule has 4 nitrogen and oxygen atoms in total. The molecule has 0 amide bonds. The summed E-state index contributed by atoms with van der Waals surface area (Å²) in [5, 5.41) is 0. The molecule has 0 unspecified atom stereocenters. The van der Waals surface area contributed by atoms with E-state index in [0.717, 1.165) is 11.4 Å². The molecular formula is C16H20N2O2P2. The minimum atomic E-state index is -0.858. The maximum Gasteiger partial charge on any atom is 0.261 e. The van der Waals surface area contributed by atoms with Gasteiger partial charge in [-0.1, -0.05) is 36.4 Å². The van der Waals surface area contributed by atoms with E-state index in [0.29, 0.717) is 13.2 Å². The van der Waals surface area contributed by atoms with Crippen LogP contribution in [0.1, 0.15) is 13.8 Å². The predicted octanol–water partition coefficient (Wildman–Crippen LogP) is 5.54. The number of anilines is 2. The molecule has 0 radical (unpaired) electrons. The van der Waals surface area contributed by atoms with Gasteiger partial charge >= 0.3 is 0 Å². The fourth-order valence-electron chi connectivity index (χ4n) is 2.23. The number of para-hydroxylation sites is 2. The molecule has 1 heterocycles. The van der Waals surface area contributed by atoms with Gasteiger partial charge in [0.05, 0.1) is 24.6 Å². The summed E-state index contributed by atoms with van der Waals surface area (Å²) in [6.07, 6.45) is 0. The van der Waals surface area contributed by atoms with Crippen molar-refractivity contribution in [2.75, 3.05) is 22.1 Å². The Labute approximate surface area is 134 Å². The minimum absolute atomic E-state index is 0.688. The summed E-state index contributed by atoms with van der Waals surface area (Å²) in [5.41, 5.74) is 2.32. The highest BCUT2D eigenvalue weighted by atomic mass is 31.3. The molecular weight excluding hydrogens is 314 g/mol. The van der Waals surface area contributed by atoms with Gasteiger partial charge in [0, 0.05) is 0 Å². The highest BCUT2D eigenvalue weighted by molar-refractivity contribution is 7.91. The van der Waals surface area contributed by atoms with E-state index in [1.165, 1.54) is 0 Å². The number of hydrogen-bond acceptors (Lipinski definition) is 4. The Morgan fingerprint density at radius 1 is 0.682 bits per heavy atom. The average molecular weight is 334 g/mol. The maximum absolute atomic E-state index is 6.04. The van der Waals surface area contributed by atoms with E-state index in [-0.39, 0.29) is 0 Å². The Hall–Kier alpha value is -1.18. The van der Waals surface area contributed by atoms with Crippen molar-refractivity contribution in [1.29, 1.82) is 0 Å². The Balaban J connectivity index is 1.92. The zero-order chi connectivity index (χ0) is 15.4. The lowest BCUT2D eigenvalue weighted by molar-refractivity contribution is 0.356. The highest BCUT2D eigenvalue weighted by Gasteiger charge is 2.51. The summed E-state index contributed by atoms with van der Waals surface area (Å²) in [6, 6.07) is 20.7. The van der Waals surface area contributed by atoms with Gasteiger partial charge in [0.2, 0.25) is 0 Å². The van der Waals surface area contributed by atoms with Crippen molar-refractivity contribution < 1.29 is 9.05 Å². The predicted molar refractivity (Wildman–Crippen MR) is 94.9 cm³/mol. The normalized spacial score (nSPS) is 20.8. The van der Waals surface area contributed by atoms with E-state index in [4.69, 9.17) is 9.05 Å². The van der Waals surface area contributed by atoms with E-state index in [2.05, 4.69) is 57.4 Å². The van der Waals surface area contributed by atoms with Crippen molar-refractivity contribution in [3.8, 4) is 0 Å². The molecule has 2 aromatic carbocycles. The molecule has 0 N–H and O–H groups in total. The number of nitrogens with zero attached hydrogens (tertiary/aromatic N) is 2. The van der Waals surface area contributed by atoms with E-state index >= 15 is 0 Å². The van der Waals surface area contributed by atoms with Gasteiger partial charge in [0.15, 0.2) is 0 Å². The fourth-order valence-corrected chi connectivity index (χ4v) is 6.88. The van der Waals surface area contributed by atoms with Crippen LogP contribution in [0.5, 0.6) is 0 Å². The average Bonchev–Trinajstić information content (AvgIpc) is 2.56. The lowest BCUT2D eigenvalue weighted by atomic mass is 10.3. The van der Waals surface area contributed by atoms with Crippen molar-refractivity contribution >= 4 is 28.3 Å². The molecule has 0 spiro atoms. The number of rotatable bonds is 6. The summed E-state index contributed by atoms with van der Waals surface area (Å²) in [5.74, 6) is 0. The monoisotopic (exact) mass is 334 g/mol. The van der Waals surface area contributed by atoms with Gasteiger partial charge < -0.3 is 9.05 Å². The van der Waals surface area contributed by atoms with E-state index in [9.17, 15) is 0 Å². The van der Waals surface area contributed by atoms with Crippen molar-refractivity contribution in [3.63, 3.8) is 0 Å². The molecule has 0 aromatic heterocycles. The Morgan fingerprint density at radius 2 is 1.05 bits per heavy atom. The molecule has 116 valence electrons. The molecule has 0 bridgehead atoms. The van der Waals surface area contributed by atoms with Crippen molar-refractivity contribution in [2.45, 2.75) is 13.8 Å². The van der Waals surface area contributed by atoms with Crippen LogP contribution in [0.4, 0.5) is 11.4 Å². The first-order chi connectivity index (χ1) is 10.9. The molecule has 1 fully saturated rings. The standard InChI is InChI=1S/C16H20N2O2P2/c1-3-19-21-17(15-11-7-5-8-12-15)22(20-4-2)18(21)16-13-9-6-10-14-16/h5-14H,3-4H2,1-2H3. The largest absolute Gasteiger partial charge is 0.322 e. The fraction of sp³-hybridized carbons (Fsp3) is 0.250. The van der Waals surface area contributed by atoms with Gasteiger partial charge in [-0.25, -0.2) is 8.88 Å². The summed E-state index contributed by atoms with van der Waals surface area (Å²) < 4.78 is 16.7. The van der Waals surface area contributed by atoms with Crippen molar-refractivity contribution in [3.05, 3.63) is 60.7 Å². The lowest BCUT2D eigenvalue weighted by Crippen LogP contribution is -2.38. The molecule has 0 saturated carbocycles. The summed E-state index contributed by atoms with van der Waals surface area (Å²) in [4.78, 5) is 0. The second-order valence-electron chi connectivity index (χ2n) is 4.59. The summed E-state index contributed by atoms with van der Waals surface area (Å²) >= 11 is 0. The number of benzene rings is 2. The molecule has 0 atom stereocenters. The molecule has 1 aliphatic heterocycles. The number of hydrogen-bond donors (Lipinski definition) is 0. The van der Waals surface area contributed by atoms with Crippen LogP contribution in [0.15, 0.2) is 60.7 Å². The Morgan fingerprint density at radius 3 is 1.36 bits per heavy atom. The first-order valence-corrected chi connectivity index (χ1v) is 9.76. The molecule has 0 aliphatic carbocycles. The third-order valence-electron chi connectivity index (χ3n) is 3.11. The van der Waals surface area contributed by atoms with Crippen LogP contribution in [0.3, 0.4) is 0 Å². The Kier molecular flexibility index (Phi) is 5.28. The first kappa shape index (κ1) is 15.7. The van der Waals surface area contributed by atoms with Gasteiger partial charge in [-0.05, 0) is 38.1 Å². The summed E-state index contributed by atoms with van der Waals surface area (Å²) in [6.45, 7) is 5.45. The third-order valence-corrected chi connectivity index (χ3v) is 8.15. The Bertz CT molecular complexity index is 524. The molecule has 6 heteroatoms. The van der Waals surface area contributed by atoms with E-state index in [1.54, 1.807) is 0 Å². The molecule has 2 aromatic rings. The zero-order valence-corrected chi connectivity index (χ0v) is 14.6. The van der Waals surface area contributed by atoms with Crippen LogP contribution < -0.4 is 8.88 Å². The minimum Gasteiger partial charge on any atom is -0.322 e. The zero-order valence-electron chi connectivity index (χ0n) is 12.8. The van der Waals surface area contributed by atoms with E-state index < -0.39 is 16.9 Å². The van der Waals surface area contributed by atoms with Crippen molar-refractivity contribution in [1.82, 2.24) is 0 Å². The molecule has 1 aliphatic rings. The van der Waals surface area contributed by atoms with Crippen LogP contribution in [0.25, 0.3) is 0 Å². The topological polar surface area (TPSA) is 24.9 Å². The summed E-state index contributed by atoms with van der Waals surface area (Å²) in [7, 11) is -1.72. The van der Waals surface area contributed by atoms with Crippen molar-refractivity contribution in [2.24, 2.45) is 0 Å². The second-order valence-corrected chi connectivity index (χ2v) is 8.35. The third kappa shape index (κ3) is 2.98. The first-order valence-electron chi connectivity index (χ1n) is 7.43. The van der Waals surface area contributed by atoms with Gasteiger partial charge in [-0.2, -0.15) is 0 Å². The quantitative estimate of drug-likeness (QED) is 0.648. The van der Waals surface area contributed by atoms with Crippen LogP contribution in [-0.4, -0.2) is 13.2 Å². The SMILES string of the molecule is CCOP1N(c2ccccc2)P(OCC)N1c1ccccc1. The second kappa shape index (κ2) is 7.39. The van der Waals surface area contributed by atoms with E-state index in [1.807, 2.05) is 26.0 Å². The van der Waals surface area contributed by atoms with Crippen LogP contribution in [0, 0.1) is 0 Å². The lowest BCUT2D eigenvalue weighted by Gasteiger charge is -2.54. The van der Waals surface area contributed by atoms with Gasteiger partial charge in [0.1, 0.15) is 0 Å². The van der Waals surface area contributed by atoms with Gasteiger partial charge in [-0.3, -0.25) is 0 Å². The smallest absolute Gasteiger partial charge is 0.261 e. The molecule has 22 heavy (non-hydrogen) atoms. The van der Waals surface area contributed by atoms with Crippen LogP contribution >= 0.6 is 16.9 Å². The highest BCUT2D eigenvalue weighted by Crippen LogP contribution is 2.79. The van der Waals surface area contributed by atoms with Crippen LogP contribution in [0.2, 0.25) is 0 Å². The molecule has 3 rings (SSSR count). The molecule has 1 saturated heterocycles.